The van der Waals surface area contributed by atoms with Gasteiger partial charge in [0, 0.05) is 35.8 Å². The Hall–Kier alpha value is -2.32. The van der Waals surface area contributed by atoms with Crippen molar-refractivity contribution in [3.05, 3.63) is 34.9 Å². The van der Waals surface area contributed by atoms with Crippen LogP contribution < -0.4 is 16.0 Å². The van der Waals surface area contributed by atoms with Gasteiger partial charge in [-0.1, -0.05) is 18.5 Å². The van der Waals surface area contributed by atoms with Crippen molar-refractivity contribution in [2.24, 2.45) is 0 Å². The van der Waals surface area contributed by atoms with Crippen molar-refractivity contribution in [1.29, 1.82) is 0 Å². The van der Waals surface area contributed by atoms with Crippen LogP contribution in [0.3, 0.4) is 0 Å². The lowest BCUT2D eigenvalue weighted by Crippen LogP contribution is -2.56. The summed E-state index contributed by atoms with van der Waals surface area (Å²) in [5.74, 6) is -1.07. The zero-order valence-corrected chi connectivity index (χ0v) is 16.0. The van der Waals surface area contributed by atoms with Crippen molar-refractivity contribution in [3.8, 4) is 0 Å². The van der Waals surface area contributed by atoms with Crippen molar-refractivity contribution < 1.29 is 19.5 Å². The van der Waals surface area contributed by atoms with Crippen molar-refractivity contribution in [2.75, 3.05) is 26.2 Å². The third kappa shape index (κ3) is 6.73. The van der Waals surface area contributed by atoms with Crippen LogP contribution in [0, 0.1) is 0 Å². The number of amides is 3. The summed E-state index contributed by atoms with van der Waals surface area (Å²) in [6.07, 6.45) is 1.48. The number of urea groups is 1. The third-order valence-corrected chi connectivity index (χ3v) is 4.76. The molecule has 27 heavy (non-hydrogen) atoms. The predicted molar refractivity (Wildman–Crippen MR) is 102 cm³/mol. The van der Waals surface area contributed by atoms with E-state index < -0.39 is 5.97 Å². The number of carbonyl (C=O) groups excluding carboxylic acids is 2. The number of likely N-dealkylation sites (N-methyl/N-ethyl adjacent to an activating group) is 1. The van der Waals surface area contributed by atoms with E-state index in [1.54, 1.807) is 24.3 Å². The molecule has 0 spiro atoms. The number of carbonyl (C=O) groups is 3. The standard InChI is InChI=1S/C18H25ClN4O4/c1-2-23(11-16(24)25)15-9-14(10-15)22-18(27)21-8-7-20-17(26)12-3-5-13(19)6-4-12/h3-6,14-15H,2,7-11H2,1H3,(H,20,26)(H,24,25)(H2,21,22,27). The first-order valence-electron chi connectivity index (χ1n) is 8.93. The second-order valence-corrected chi connectivity index (χ2v) is 6.88. The van der Waals surface area contributed by atoms with Gasteiger partial charge in [-0.25, -0.2) is 4.79 Å². The van der Waals surface area contributed by atoms with Crippen LogP contribution in [-0.2, 0) is 4.79 Å². The monoisotopic (exact) mass is 396 g/mol. The molecule has 1 fully saturated rings. The van der Waals surface area contributed by atoms with E-state index in [9.17, 15) is 14.4 Å². The Morgan fingerprint density at radius 1 is 1.15 bits per heavy atom. The molecule has 0 saturated heterocycles. The van der Waals surface area contributed by atoms with E-state index in [0.717, 1.165) is 12.8 Å². The summed E-state index contributed by atoms with van der Waals surface area (Å²) in [7, 11) is 0. The Balaban J connectivity index is 1.58. The van der Waals surface area contributed by atoms with Gasteiger partial charge in [-0.3, -0.25) is 14.5 Å². The number of rotatable bonds is 9. The molecule has 1 aliphatic carbocycles. The average Bonchev–Trinajstić information content (AvgIpc) is 2.60. The zero-order chi connectivity index (χ0) is 19.8. The number of carboxylic acids is 1. The van der Waals surface area contributed by atoms with E-state index in [1.807, 2.05) is 11.8 Å². The number of hydrogen-bond acceptors (Lipinski definition) is 4. The molecule has 0 atom stereocenters. The Morgan fingerprint density at radius 2 is 1.78 bits per heavy atom. The van der Waals surface area contributed by atoms with Crippen molar-refractivity contribution in [2.45, 2.75) is 31.8 Å². The molecule has 2 rings (SSSR count). The average molecular weight is 397 g/mol. The van der Waals surface area contributed by atoms with Gasteiger partial charge in [-0.05, 0) is 43.7 Å². The molecule has 0 aromatic heterocycles. The van der Waals surface area contributed by atoms with Crippen LogP contribution >= 0.6 is 11.6 Å². The van der Waals surface area contributed by atoms with Crippen LogP contribution in [-0.4, -0.2) is 66.2 Å². The smallest absolute Gasteiger partial charge is 0.317 e. The first-order valence-corrected chi connectivity index (χ1v) is 9.30. The molecular formula is C18H25ClN4O4. The lowest BCUT2D eigenvalue weighted by atomic mass is 9.85. The van der Waals surface area contributed by atoms with Gasteiger partial charge in [-0.15, -0.1) is 0 Å². The topological polar surface area (TPSA) is 111 Å². The highest BCUT2D eigenvalue weighted by Crippen LogP contribution is 2.25. The van der Waals surface area contributed by atoms with Crippen LogP contribution in [0.2, 0.25) is 5.02 Å². The summed E-state index contributed by atoms with van der Waals surface area (Å²) in [5, 5.41) is 17.7. The maximum absolute atomic E-state index is 11.9. The molecule has 0 aliphatic heterocycles. The largest absolute Gasteiger partial charge is 0.480 e. The first kappa shape index (κ1) is 21.0. The van der Waals surface area contributed by atoms with Gasteiger partial charge >= 0.3 is 12.0 Å². The fourth-order valence-electron chi connectivity index (χ4n) is 2.97. The highest BCUT2D eigenvalue weighted by Gasteiger charge is 2.34. The van der Waals surface area contributed by atoms with Crippen molar-refractivity contribution in [3.63, 3.8) is 0 Å². The van der Waals surface area contributed by atoms with E-state index >= 15 is 0 Å². The molecule has 9 heteroatoms. The highest BCUT2D eigenvalue weighted by molar-refractivity contribution is 6.30. The summed E-state index contributed by atoms with van der Waals surface area (Å²) in [6, 6.07) is 6.50. The van der Waals surface area contributed by atoms with Gasteiger partial charge in [0.05, 0.1) is 6.54 Å². The predicted octanol–water partition coefficient (Wildman–Crippen LogP) is 1.31. The zero-order valence-electron chi connectivity index (χ0n) is 15.2. The minimum Gasteiger partial charge on any atom is -0.480 e. The molecule has 148 valence electrons. The van der Waals surface area contributed by atoms with Crippen molar-refractivity contribution in [1.82, 2.24) is 20.9 Å². The van der Waals surface area contributed by atoms with E-state index in [0.29, 0.717) is 30.2 Å². The van der Waals surface area contributed by atoms with Gasteiger partial charge in [0.1, 0.15) is 0 Å². The van der Waals surface area contributed by atoms with Gasteiger partial charge in [0.25, 0.3) is 5.91 Å². The first-order chi connectivity index (χ1) is 12.9. The third-order valence-electron chi connectivity index (χ3n) is 4.51. The number of carboxylic acid groups (broad SMARTS) is 1. The van der Waals surface area contributed by atoms with Crippen LogP contribution in [0.5, 0.6) is 0 Å². The van der Waals surface area contributed by atoms with E-state index in [1.165, 1.54) is 0 Å². The SMILES string of the molecule is CCN(CC(=O)O)C1CC(NC(=O)NCCNC(=O)c2ccc(Cl)cc2)C1. The minimum atomic E-state index is -0.841. The molecule has 8 nitrogen and oxygen atoms in total. The molecule has 0 bridgehead atoms. The van der Waals surface area contributed by atoms with Crippen LogP contribution in [0.1, 0.15) is 30.1 Å². The minimum absolute atomic E-state index is 0.0212. The summed E-state index contributed by atoms with van der Waals surface area (Å²) in [6.45, 7) is 3.23. The van der Waals surface area contributed by atoms with E-state index in [2.05, 4.69) is 16.0 Å². The normalized spacial score (nSPS) is 18.5. The maximum Gasteiger partial charge on any atom is 0.317 e. The summed E-state index contributed by atoms with van der Waals surface area (Å²) >= 11 is 5.78. The second kappa shape index (κ2) is 10.1. The molecule has 3 amide bonds. The molecule has 1 aromatic carbocycles. The summed E-state index contributed by atoms with van der Waals surface area (Å²) in [4.78, 5) is 36.5. The number of halogens is 1. The molecule has 1 aromatic rings. The number of aliphatic carboxylic acids is 1. The fourth-order valence-corrected chi connectivity index (χ4v) is 3.09. The summed E-state index contributed by atoms with van der Waals surface area (Å²) in [5.41, 5.74) is 0.506. The highest BCUT2D eigenvalue weighted by atomic mass is 35.5. The van der Waals surface area contributed by atoms with Crippen LogP contribution in [0.4, 0.5) is 4.79 Å². The van der Waals surface area contributed by atoms with Gasteiger partial charge in [-0.2, -0.15) is 0 Å². The maximum atomic E-state index is 11.9. The Morgan fingerprint density at radius 3 is 2.37 bits per heavy atom. The Labute approximate surface area is 163 Å². The molecule has 1 aliphatic rings. The van der Waals surface area contributed by atoms with Crippen LogP contribution in [0.15, 0.2) is 24.3 Å². The van der Waals surface area contributed by atoms with E-state index in [4.69, 9.17) is 16.7 Å². The number of nitrogens with zero attached hydrogens (tertiary/aromatic N) is 1. The quantitative estimate of drug-likeness (QED) is 0.470. The number of benzene rings is 1. The Bertz CT molecular complexity index is 662. The number of hydrogen-bond donors (Lipinski definition) is 4. The molecular weight excluding hydrogens is 372 g/mol. The van der Waals surface area contributed by atoms with Gasteiger partial charge in [0.15, 0.2) is 0 Å². The molecule has 0 radical (unpaired) electrons. The lowest BCUT2D eigenvalue weighted by Gasteiger charge is -2.42. The number of nitrogens with one attached hydrogen (secondary N) is 3. The molecule has 0 heterocycles. The van der Waals surface area contributed by atoms with Crippen molar-refractivity contribution >= 4 is 29.5 Å². The summed E-state index contributed by atoms with van der Waals surface area (Å²) < 4.78 is 0. The van der Waals surface area contributed by atoms with Gasteiger partial charge < -0.3 is 21.1 Å². The van der Waals surface area contributed by atoms with Gasteiger partial charge in [0.2, 0.25) is 0 Å². The molecule has 4 N–H and O–H groups in total. The molecule has 1 saturated carbocycles. The van der Waals surface area contributed by atoms with E-state index in [-0.39, 0.29) is 30.6 Å². The lowest BCUT2D eigenvalue weighted by molar-refractivity contribution is -0.139. The van der Waals surface area contributed by atoms with Crippen LogP contribution in [0.25, 0.3) is 0 Å². The Kier molecular flexibility index (Phi) is 7.87. The second-order valence-electron chi connectivity index (χ2n) is 6.44. The fraction of sp³-hybridized carbons (Fsp3) is 0.500. The molecule has 0 unspecified atom stereocenters.